The van der Waals surface area contributed by atoms with Gasteiger partial charge in [0.1, 0.15) is 0 Å². The minimum Gasteiger partial charge on any atom is -0.378 e. The lowest BCUT2D eigenvalue weighted by atomic mass is 9.92. The highest BCUT2D eigenvalue weighted by atomic mass is 16.5. The fourth-order valence-electron chi connectivity index (χ4n) is 4.64. The molecule has 1 aromatic rings. The van der Waals surface area contributed by atoms with E-state index >= 15 is 0 Å². The predicted octanol–water partition coefficient (Wildman–Crippen LogP) is 1.16. The molecule has 3 aliphatic rings. The van der Waals surface area contributed by atoms with Crippen molar-refractivity contribution in [1.29, 1.82) is 0 Å². The zero-order valence-electron chi connectivity index (χ0n) is 16.6. The van der Waals surface area contributed by atoms with Crippen LogP contribution in [0.25, 0.3) is 0 Å². The Hall–Kier alpha value is -1.93. The van der Waals surface area contributed by atoms with E-state index < -0.39 is 0 Å². The molecule has 8 nitrogen and oxygen atoms in total. The van der Waals surface area contributed by atoms with E-state index in [1.807, 2.05) is 16.7 Å². The van der Waals surface area contributed by atoms with E-state index in [1.165, 1.54) is 0 Å². The first kappa shape index (κ1) is 19.4. The van der Waals surface area contributed by atoms with Crippen molar-refractivity contribution in [3.8, 4) is 0 Å². The first-order chi connectivity index (χ1) is 13.6. The van der Waals surface area contributed by atoms with Gasteiger partial charge < -0.3 is 19.1 Å². The normalized spacial score (nSPS) is 25.1. The fourth-order valence-corrected chi connectivity index (χ4v) is 4.64. The van der Waals surface area contributed by atoms with Crippen LogP contribution in [0.2, 0.25) is 0 Å². The maximum atomic E-state index is 12.9. The Labute approximate surface area is 165 Å². The highest BCUT2D eigenvalue weighted by Gasteiger charge is 2.35. The Morgan fingerprint density at radius 2 is 1.79 bits per heavy atom. The van der Waals surface area contributed by atoms with Crippen molar-refractivity contribution < 1.29 is 18.8 Å². The molecule has 1 aromatic heterocycles. The number of hydrogen-bond donors (Lipinski definition) is 0. The quantitative estimate of drug-likeness (QED) is 0.771. The predicted molar refractivity (Wildman–Crippen MR) is 102 cm³/mol. The summed E-state index contributed by atoms with van der Waals surface area (Å²) < 4.78 is 10.5. The van der Waals surface area contributed by atoms with E-state index in [1.54, 1.807) is 6.07 Å². The molecule has 0 unspecified atom stereocenters. The van der Waals surface area contributed by atoms with Gasteiger partial charge in [0.2, 0.25) is 11.7 Å². The SMILES string of the molecule is Cc1cc(C(=O)N2CCC(N3CCC[C@@H](C(=O)N4CCOCC4)C3)CC2)on1. The van der Waals surface area contributed by atoms with Gasteiger partial charge in [0.05, 0.1) is 24.8 Å². The number of aromatic nitrogens is 1. The molecule has 0 saturated carbocycles. The van der Waals surface area contributed by atoms with Gasteiger partial charge in [0.25, 0.3) is 5.91 Å². The number of hydrogen-bond acceptors (Lipinski definition) is 6. The second-order valence-corrected chi connectivity index (χ2v) is 8.13. The summed E-state index contributed by atoms with van der Waals surface area (Å²) in [5.41, 5.74) is 0.725. The van der Waals surface area contributed by atoms with Crippen LogP contribution in [-0.2, 0) is 9.53 Å². The summed E-state index contributed by atoms with van der Waals surface area (Å²) in [6, 6.07) is 2.14. The summed E-state index contributed by atoms with van der Waals surface area (Å²) >= 11 is 0. The number of rotatable bonds is 3. The number of aryl methyl sites for hydroxylation is 1. The fraction of sp³-hybridized carbons (Fsp3) is 0.750. The number of morpholine rings is 1. The maximum Gasteiger partial charge on any atom is 0.292 e. The van der Waals surface area contributed by atoms with E-state index in [4.69, 9.17) is 9.26 Å². The summed E-state index contributed by atoms with van der Waals surface area (Å²) in [4.78, 5) is 31.7. The van der Waals surface area contributed by atoms with E-state index in [2.05, 4.69) is 10.1 Å². The molecule has 8 heteroatoms. The van der Waals surface area contributed by atoms with Crippen LogP contribution in [0.15, 0.2) is 10.6 Å². The van der Waals surface area contributed by atoms with Crippen molar-refractivity contribution in [2.24, 2.45) is 5.92 Å². The molecule has 4 rings (SSSR count). The molecule has 0 bridgehead atoms. The summed E-state index contributed by atoms with van der Waals surface area (Å²) in [6.45, 7) is 7.90. The number of nitrogens with zero attached hydrogens (tertiary/aromatic N) is 4. The molecule has 4 heterocycles. The number of carbonyl (C=O) groups is 2. The van der Waals surface area contributed by atoms with E-state index in [0.717, 1.165) is 70.6 Å². The van der Waals surface area contributed by atoms with Crippen LogP contribution in [0.3, 0.4) is 0 Å². The van der Waals surface area contributed by atoms with Crippen LogP contribution in [0.4, 0.5) is 0 Å². The molecule has 0 radical (unpaired) electrons. The Morgan fingerprint density at radius 3 is 2.46 bits per heavy atom. The van der Waals surface area contributed by atoms with Gasteiger partial charge in [0.15, 0.2) is 0 Å². The molecule has 3 saturated heterocycles. The van der Waals surface area contributed by atoms with E-state index in [-0.39, 0.29) is 11.8 Å². The van der Waals surface area contributed by atoms with Gasteiger partial charge >= 0.3 is 0 Å². The molecule has 28 heavy (non-hydrogen) atoms. The highest BCUT2D eigenvalue weighted by molar-refractivity contribution is 5.91. The summed E-state index contributed by atoms with van der Waals surface area (Å²) in [6.07, 6.45) is 3.93. The Morgan fingerprint density at radius 1 is 1.04 bits per heavy atom. The van der Waals surface area contributed by atoms with Gasteiger partial charge in [-0.25, -0.2) is 0 Å². The minimum absolute atomic E-state index is 0.0712. The minimum atomic E-state index is -0.0712. The third-order valence-corrected chi connectivity index (χ3v) is 6.23. The monoisotopic (exact) mass is 390 g/mol. The van der Waals surface area contributed by atoms with Crippen LogP contribution in [0, 0.1) is 12.8 Å². The number of likely N-dealkylation sites (tertiary alicyclic amines) is 2. The molecule has 3 aliphatic heterocycles. The summed E-state index contributed by atoms with van der Waals surface area (Å²) in [5, 5.41) is 3.81. The molecule has 1 atom stereocenters. The molecule has 0 N–H and O–H groups in total. The number of carbonyl (C=O) groups excluding carboxylic acids is 2. The van der Waals surface area contributed by atoms with Crippen molar-refractivity contribution in [2.45, 2.75) is 38.6 Å². The van der Waals surface area contributed by atoms with Crippen LogP contribution in [0.5, 0.6) is 0 Å². The maximum absolute atomic E-state index is 12.9. The standard InChI is InChI=1S/C20H30N4O4/c1-15-13-18(28-21-15)20(26)22-7-4-17(5-8-22)24-6-2-3-16(14-24)19(25)23-9-11-27-12-10-23/h13,16-17H,2-12,14H2,1H3/t16-/m1/s1. The zero-order chi connectivity index (χ0) is 19.5. The largest absolute Gasteiger partial charge is 0.378 e. The molecule has 2 amide bonds. The lowest BCUT2D eigenvalue weighted by Crippen LogP contribution is -2.53. The van der Waals surface area contributed by atoms with Gasteiger partial charge in [-0.2, -0.15) is 0 Å². The number of piperidine rings is 2. The molecule has 0 aromatic carbocycles. The van der Waals surface area contributed by atoms with Crippen molar-refractivity contribution >= 4 is 11.8 Å². The average Bonchev–Trinajstić information content (AvgIpc) is 3.20. The molecule has 3 fully saturated rings. The smallest absolute Gasteiger partial charge is 0.292 e. The lowest BCUT2D eigenvalue weighted by molar-refractivity contribution is -0.141. The van der Waals surface area contributed by atoms with Crippen molar-refractivity contribution in [1.82, 2.24) is 19.9 Å². The Balaban J connectivity index is 1.29. The summed E-state index contributed by atoms with van der Waals surface area (Å²) in [5.74, 6) is 0.646. The molecule has 0 aliphatic carbocycles. The average molecular weight is 390 g/mol. The van der Waals surface area contributed by atoms with Gasteiger partial charge in [0, 0.05) is 44.8 Å². The second kappa shape index (κ2) is 8.61. The van der Waals surface area contributed by atoms with E-state index in [0.29, 0.717) is 30.9 Å². The van der Waals surface area contributed by atoms with Gasteiger partial charge in [-0.3, -0.25) is 14.5 Å². The zero-order valence-corrected chi connectivity index (χ0v) is 16.6. The topological polar surface area (TPSA) is 79.1 Å². The van der Waals surface area contributed by atoms with Crippen LogP contribution in [-0.4, -0.2) is 90.2 Å². The molecular weight excluding hydrogens is 360 g/mol. The number of ether oxygens (including phenoxy) is 1. The molecular formula is C20H30N4O4. The first-order valence-corrected chi connectivity index (χ1v) is 10.4. The van der Waals surface area contributed by atoms with Crippen molar-refractivity contribution in [3.05, 3.63) is 17.5 Å². The van der Waals surface area contributed by atoms with Crippen molar-refractivity contribution in [3.63, 3.8) is 0 Å². The van der Waals surface area contributed by atoms with Gasteiger partial charge in [-0.15, -0.1) is 0 Å². The molecule has 154 valence electrons. The van der Waals surface area contributed by atoms with Crippen LogP contribution in [0.1, 0.15) is 41.9 Å². The van der Waals surface area contributed by atoms with Gasteiger partial charge in [-0.1, -0.05) is 5.16 Å². The first-order valence-electron chi connectivity index (χ1n) is 10.4. The van der Waals surface area contributed by atoms with Crippen molar-refractivity contribution in [2.75, 3.05) is 52.5 Å². The van der Waals surface area contributed by atoms with Crippen LogP contribution >= 0.6 is 0 Å². The van der Waals surface area contributed by atoms with E-state index in [9.17, 15) is 9.59 Å². The third-order valence-electron chi connectivity index (χ3n) is 6.23. The Bertz CT molecular complexity index is 692. The summed E-state index contributed by atoms with van der Waals surface area (Å²) in [7, 11) is 0. The number of amides is 2. The molecule has 0 spiro atoms. The van der Waals surface area contributed by atoms with Gasteiger partial charge in [-0.05, 0) is 39.2 Å². The Kier molecular flexibility index (Phi) is 5.96. The lowest BCUT2D eigenvalue weighted by Gasteiger charge is -2.42. The van der Waals surface area contributed by atoms with Crippen LogP contribution < -0.4 is 0 Å². The second-order valence-electron chi connectivity index (χ2n) is 8.13. The highest BCUT2D eigenvalue weighted by Crippen LogP contribution is 2.26. The third kappa shape index (κ3) is 4.22.